The molecule has 0 spiro atoms. The Balaban J connectivity index is 2.69. The lowest BCUT2D eigenvalue weighted by atomic mass is 9.68. The van der Waals surface area contributed by atoms with E-state index in [0.717, 1.165) is 0 Å². The Hall–Kier alpha value is -4.91. The topological polar surface area (TPSA) is 415 Å². The van der Waals surface area contributed by atoms with Gasteiger partial charge in [-0.3, -0.25) is 9.59 Å². The average Bonchev–Trinajstić information content (AvgIpc) is 2.95. The molecule has 0 aromatic heterocycles. The number of esters is 1. The number of aliphatic hydroxyl groups is 7. The molecule has 1 aliphatic carbocycles. The minimum absolute atomic E-state index is 1.05. The average molecular weight is 699 g/mol. The summed E-state index contributed by atoms with van der Waals surface area (Å²) in [6, 6.07) is 0. The SMILES string of the molecule is O=C(OC(C(=O)O)C(O)c1c(O)c(O)c(C(=O)O)c(S)c1O)C1=C(O)C(C(=O)O)C(O)C(C(C(=O)O)C(O)C(O)C(O)C(=O)O)C1O. The number of rotatable bonds is 13. The number of carboxylic acids is 5. The van der Waals surface area contributed by atoms with Crippen molar-refractivity contribution >= 4 is 48.4 Å². The highest BCUT2D eigenvalue weighted by Gasteiger charge is 2.57. The fourth-order valence-corrected chi connectivity index (χ4v) is 5.16. The van der Waals surface area contributed by atoms with Crippen molar-refractivity contribution in [3.63, 3.8) is 0 Å². The van der Waals surface area contributed by atoms with Gasteiger partial charge in [-0.05, 0) is 0 Å². The van der Waals surface area contributed by atoms with Crippen molar-refractivity contribution < 1.29 is 110 Å². The fraction of sp³-hybridized carbons (Fsp3) is 0.417. The molecule has 22 nitrogen and oxygen atoms in total. The Morgan fingerprint density at radius 1 is 0.723 bits per heavy atom. The number of carbonyl (C=O) groups excluding carboxylic acids is 1. The molecule has 15 N–H and O–H groups in total. The Bertz CT molecular complexity index is 1490. The first-order valence-electron chi connectivity index (χ1n) is 12.4. The lowest BCUT2D eigenvalue weighted by Crippen LogP contribution is -2.58. The molecule has 0 aliphatic heterocycles. The van der Waals surface area contributed by atoms with Crippen LogP contribution in [0.2, 0.25) is 0 Å². The zero-order chi connectivity index (χ0) is 36.6. The Morgan fingerprint density at radius 2 is 1.26 bits per heavy atom. The standard InChI is InChI=1S/C24H26O22S/c25-7-1(2(19(35)36)10(28)15(33)16(34)22(41)42)8(26)5(9(27)4(7)20(37)38)24(45)46-17(23(43)44)13(31)3-11(29)12(30)6(21(39)40)18(47)14(3)32/h1-2,4,7-8,10,13,15-17,25-34,47H,(H,35,36)(H,37,38)(H,39,40)(H,41,42)(H,43,44). The Morgan fingerprint density at radius 3 is 1.68 bits per heavy atom. The summed E-state index contributed by atoms with van der Waals surface area (Å²) >= 11 is 3.61. The van der Waals surface area contributed by atoms with Gasteiger partial charge in [0.25, 0.3) is 0 Å². The predicted octanol–water partition coefficient (Wildman–Crippen LogP) is -4.45. The number of carboxylic acid groups (broad SMARTS) is 5. The van der Waals surface area contributed by atoms with Crippen molar-refractivity contribution in [2.45, 2.75) is 47.6 Å². The number of phenols is 3. The summed E-state index contributed by atoms with van der Waals surface area (Å²) in [6.07, 6.45) is -20.6. The lowest BCUT2D eigenvalue weighted by Gasteiger charge is -2.41. The molecule has 0 amide bonds. The number of phenolic OH excluding ortho intramolecular Hbond substituents is 2. The highest BCUT2D eigenvalue weighted by molar-refractivity contribution is 7.80. The second-order valence-corrected chi connectivity index (χ2v) is 10.3. The molecule has 2 rings (SSSR count). The first-order chi connectivity index (χ1) is 21.5. The van der Waals surface area contributed by atoms with Crippen LogP contribution in [0.25, 0.3) is 0 Å². The summed E-state index contributed by atoms with van der Waals surface area (Å²) in [4.78, 5) is 70.4. The maximum Gasteiger partial charge on any atom is 0.348 e. The number of benzene rings is 1. The molecule has 1 aliphatic rings. The van der Waals surface area contributed by atoms with Crippen molar-refractivity contribution in [2.24, 2.45) is 17.8 Å². The summed E-state index contributed by atoms with van der Waals surface area (Å²) in [7, 11) is 0. The van der Waals surface area contributed by atoms with E-state index in [1.807, 2.05) is 0 Å². The van der Waals surface area contributed by atoms with Gasteiger partial charge >= 0.3 is 35.8 Å². The Kier molecular flexibility index (Phi) is 11.6. The number of aromatic carboxylic acids is 1. The van der Waals surface area contributed by atoms with Gasteiger partial charge in [-0.25, -0.2) is 19.2 Å². The Labute approximate surface area is 263 Å². The van der Waals surface area contributed by atoms with Crippen LogP contribution in [-0.2, 0) is 28.7 Å². The third-order valence-electron chi connectivity index (χ3n) is 7.15. The van der Waals surface area contributed by atoms with Crippen LogP contribution in [-0.4, -0.2) is 149 Å². The minimum atomic E-state index is -3.07. The quantitative estimate of drug-likeness (QED) is 0.0399. The van der Waals surface area contributed by atoms with Gasteiger partial charge in [-0.2, -0.15) is 0 Å². The molecule has 0 saturated heterocycles. The van der Waals surface area contributed by atoms with E-state index in [-0.39, 0.29) is 0 Å². The number of carbonyl (C=O) groups is 6. The van der Waals surface area contributed by atoms with E-state index < -0.39 is 141 Å². The predicted molar refractivity (Wildman–Crippen MR) is 141 cm³/mol. The van der Waals surface area contributed by atoms with Crippen molar-refractivity contribution in [1.29, 1.82) is 0 Å². The largest absolute Gasteiger partial charge is 0.511 e. The molecule has 1 aromatic rings. The number of hydrogen-bond acceptors (Lipinski definition) is 18. The van der Waals surface area contributed by atoms with Crippen LogP contribution in [0, 0.1) is 17.8 Å². The molecule has 0 fully saturated rings. The number of aromatic hydroxyl groups is 3. The van der Waals surface area contributed by atoms with E-state index in [1.165, 1.54) is 0 Å². The highest BCUT2D eigenvalue weighted by atomic mass is 32.1. The minimum Gasteiger partial charge on any atom is -0.511 e. The van der Waals surface area contributed by atoms with Gasteiger partial charge in [0.1, 0.15) is 40.8 Å². The maximum atomic E-state index is 13.1. The molecule has 260 valence electrons. The van der Waals surface area contributed by atoms with E-state index in [1.54, 1.807) is 0 Å². The van der Waals surface area contributed by atoms with Crippen LogP contribution >= 0.6 is 12.6 Å². The van der Waals surface area contributed by atoms with Gasteiger partial charge in [-0.15, -0.1) is 12.6 Å². The van der Waals surface area contributed by atoms with Gasteiger partial charge in [0, 0.05) is 5.92 Å². The van der Waals surface area contributed by atoms with Crippen LogP contribution in [0.4, 0.5) is 0 Å². The van der Waals surface area contributed by atoms with Crippen molar-refractivity contribution in [3.05, 3.63) is 22.5 Å². The second-order valence-electron chi connectivity index (χ2n) is 9.85. The van der Waals surface area contributed by atoms with E-state index in [4.69, 9.17) is 10.2 Å². The normalized spacial score (nSPS) is 23.5. The molecule has 0 heterocycles. The first-order valence-corrected chi connectivity index (χ1v) is 12.8. The van der Waals surface area contributed by atoms with Crippen LogP contribution in [0.5, 0.6) is 17.2 Å². The molecule has 0 radical (unpaired) electrons. The number of aliphatic hydroxyl groups excluding tert-OH is 7. The molecule has 0 saturated carbocycles. The number of aliphatic carboxylic acids is 4. The second kappa shape index (κ2) is 14.2. The molecule has 10 unspecified atom stereocenters. The maximum absolute atomic E-state index is 13.1. The van der Waals surface area contributed by atoms with Crippen LogP contribution in [0.15, 0.2) is 16.2 Å². The fourth-order valence-electron chi connectivity index (χ4n) is 4.84. The summed E-state index contributed by atoms with van der Waals surface area (Å²) in [5.41, 5.74) is -4.37. The summed E-state index contributed by atoms with van der Waals surface area (Å²) in [5, 5.41) is 150. The third kappa shape index (κ3) is 6.94. The number of thiol groups is 1. The smallest absolute Gasteiger partial charge is 0.348 e. The lowest BCUT2D eigenvalue weighted by molar-refractivity contribution is -0.182. The summed E-state index contributed by atoms with van der Waals surface area (Å²) < 4.78 is 4.54. The van der Waals surface area contributed by atoms with E-state index in [9.17, 15) is 95.2 Å². The molecule has 47 heavy (non-hydrogen) atoms. The van der Waals surface area contributed by atoms with Gasteiger partial charge in [0.2, 0.25) is 6.10 Å². The van der Waals surface area contributed by atoms with Crippen LogP contribution in [0.3, 0.4) is 0 Å². The monoisotopic (exact) mass is 698 g/mol. The van der Waals surface area contributed by atoms with E-state index in [0.29, 0.717) is 0 Å². The summed E-state index contributed by atoms with van der Waals surface area (Å²) in [5.74, 6) is -28.3. The molecule has 0 bridgehead atoms. The molecule has 10 atom stereocenters. The summed E-state index contributed by atoms with van der Waals surface area (Å²) in [6.45, 7) is 0. The van der Waals surface area contributed by atoms with Gasteiger partial charge in [0.15, 0.2) is 17.6 Å². The number of ether oxygens (including phenoxy) is 1. The zero-order valence-electron chi connectivity index (χ0n) is 22.8. The third-order valence-corrected chi connectivity index (χ3v) is 7.59. The van der Waals surface area contributed by atoms with Crippen molar-refractivity contribution in [3.8, 4) is 17.2 Å². The van der Waals surface area contributed by atoms with Crippen molar-refractivity contribution in [2.75, 3.05) is 0 Å². The first kappa shape index (κ1) is 38.3. The van der Waals surface area contributed by atoms with E-state index >= 15 is 0 Å². The van der Waals surface area contributed by atoms with Gasteiger partial charge < -0.3 is 81.3 Å². The molecular weight excluding hydrogens is 672 g/mol. The van der Waals surface area contributed by atoms with Gasteiger partial charge in [0.05, 0.1) is 34.7 Å². The highest BCUT2D eigenvalue weighted by Crippen LogP contribution is 2.48. The number of hydrogen-bond donors (Lipinski definition) is 16. The molecule has 1 aromatic carbocycles. The van der Waals surface area contributed by atoms with Gasteiger partial charge in [-0.1, -0.05) is 0 Å². The zero-order valence-corrected chi connectivity index (χ0v) is 23.7. The van der Waals surface area contributed by atoms with E-state index in [2.05, 4.69) is 17.4 Å². The van der Waals surface area contributed by atoms with Crippen LogP contribution < -0.4 is 0 Å². The van der Waals surface area contributed by atoms with Crippen LogP contribution in [0.1, 0.15) is 22.0 Å². The molecular formula is C24H26O22S. The van der Waals surface area contributed by atoms with Crippen molar-refractivity contribution in [1.82, 2.24) is 0 Å². The molecule has 23 heteroatoms.